The molecule has 2 heterocycles. The highest BCUT2D eigenvalue weighted by atomic mass is 16.5. The Morgan fingerprint density at radius 3 is 2.67 bits per heavy atom. The van der Waals surface area contributed by atoms with E-state index in [0.717, 1.165) is 38.3 Å². The molecule has 30 heavy (non-hydrogen) atoms. The molecule has 1 unspecified atom stereocenters. The van der Waals surface area contributed by atoms with E-state index in [2.05, 4.69) is 15.3 Å². The van der Waals surface area contributed by atoms with E-state index in [1.807, 2.05) is 35.1 Å². The molecule has 0 radical (unpaired) electrons. The molecule has 1 aromatic heterocycles. The Morgan fingerprint density at radius 1 is 1.13 bits per heavy atom. The van der Waals surface area contributed by atoms with Crippen LogP contribution in [0.3, 0.4) is 0 Å². The highest BCUT2D eigenvalue weighted by Gasteiger charge is 2.15. The maximum absolute atomic E-state index is 10.5. The Labute approximate surface area is 180 Å². The first-order valence-electron chi connectivity index (χ1n) is 11.1. The third-order valence-corrected chi connectivity index (χ3v) is 5.48. The Morgan fingerprint density at radius 2 is 1.93 bits per heavy atom. The largest absolute Gasteiger partial charge is 0.493 e. The molecule has 1 aromatic carbocycles. The van der Waals surface area contributed by atoms with Gasteiger partial charge in [-0.3, -0.25) is 4.68 Å². The van der Waals surface area contributed by atoms with Gasteiger partial charge in [0.25, 0.3) is 0 Å². The van der Waals surface area contributed by atoms with Crippen molar-refractivity contribution in [1.82, 2.24) is 20.0 Å². The van der Waals surface area contributed by atoms with E-state index in [4.69, 9.17) is 9.47 Å². The van der Waals surface area contributed by atoms with Crippen molar-refractivity contribution in [2.45, 2.75) is 51.3 Å². The van der Waals surface area contributed by atoms with E-state index in [0.29, 0.717) is 18.0 Å². The van der Waals surface area contributed by atoms with Crippen LogP contribution >= 0.6 is 0 Å². The molecule has 1 aliphatic heterocycles. The Hall–Kier alpha value is -2.09. The van der Waals surface area contributed by atoms with Crippen LogP contribution in [-0.4, -0.2) is 65.8 Å². The first-order chi connectivity index (χ1) is 14.7. The van der Waals surface area contributed by atoms with Crippen molar-refractivity contribution in [3.63, 3.8) is 0 Å². The predicted molar refractivity (Wildman–Crippen MR) is 118 cm³/mol. The molecular weight excluding hydrogens is 380 g/mol. The smallest absolute Gasteiger partial charge is 0.161 e. The fourth-order valence-corrected chi connectivity index (χ4v) is 3.84. The number of aromatic nitrogens is 2. The van der Waals surface area contributed by atoms with Crippen LogP contribution in [0.4, 0.5) is 0 Å². The minimum atomic E-state index is -0.509. The molecule has 1 fully saturated rings. The van der Waals surface area contributed by atoms with Crippen LogP contribution in [-0.2, 0) is 13.1 Å². The lowest BCUT2D eigenvalue weighted by atomic mass is 10.1. The van der Waals surface area contributed by atoms with Crippen molar-refractivity contribution in [3.05, 3.63) is 42.2 Å². The lowest BCUT2D eigenvalue weighted by Crippen LogP contribution is -2.37. The molecule has 7 nitrogen and oxygen atoms in total. The summed E-state index contributed by atoms with van der Waals surface area (Å²) in [6, 6.07) is 7.87. The van der Waals surface area contributed by atoms with Crippen LogP contribution in [0, 0.1) is 0 Å². The number of likely N-dealkylation sites (tertiary alicyclic amines) is 1. The molecule has 1 atom stereocenters. The van der Waals surface area contributed by atoms with Gasteiger partial charge in [-0.15, -0.1) is 0 Å². The van der Waals surface area contributed by atoms with Gasteiger partial charge >= 0.3 is 0 Å². The van der Waals surface area contributed by atoms with E-state index in [9.17, 15) is 5.11 Å². The number of nitrogens with one attached hydrogen (secondary N) is 1. The van der Waals surface area contributed by atoms with Crippen molar-refractivity contribution in [2.75, 3.05) is 39.9 Å². The Kier molecular flexibility index (Phi) is 9.47. The van der Waals surface area contributed by atoms with E-state index < -0.39 is 6.10 Å². The number of aliphatic hydroxyl groups is 1. The van der Waals surface area contributed by atoms with Gasteiger partial charge in [0.05, 0.1) is 13.7 Å². The molecule has 0 aliphatic carbocycles. The summed E-state index contributed by atoms with van der Waals surface area (Å²) < 4.78 is 13.3. The van der Waals surface area contributed by atoms with Crippen LogP contribution in [0.2, 0.25) is 0 Å². The van der Waals surface area contributed by atoms with Gasteiger partial charge < -0.3 is 24.8 Å². The Bertz CT molecular complexity index is 715. The van der Waals surface area contributed by atoms with Gasteiger partial charge in [0, 0.05) is 32.0 Å². The molecule has 2 N–H and O–H groups in total. The number of nitrogens with zero attached hydrogens (tertiary/aromatic N) is 3. The SMILES string of the molecule is COc1ccc(CNCCn2cccn2)cc1OCC(O)CN1CCCCCCC1. The summed E-state index contributed by atoms with van der Waals surface area (Å²) in [7, 11) is 1.64. The number of benzene rings is 1. The zero-order valence-electron chi connectivity index (χ0n) is 18.1. The molecule has 1 saturated heterocycles. The summed E-state index contributed by atoms with van der Waals surface area (Å²) in [6.07, 6.45) is 9.60. The van der Waals surface area contributed by atoms with Gasteiger partial charge in [-0.2, -0.15) is 5.10 Å². The molecule has 166 valence electrons. The molecule has 2 aromatic rings. The van der Waals surface area contributed by atoms with E-state index in [1.54, 1.807) is 13.3 Å². The standard InChI is InChI=1S/C23H36N4O3/c1-29-22-9-8-20(17-24-11-15-27-14-7-10-25-27)16-23(22)30-19-21(28)18-26-12-5-3-2-4-6-13-26/h7-10,14,16,21,24,28H,2-6,11-13,15,17-19H2,1H3. The molecule has 7 heteroatoms. The fraction of sp³-hybridized carbons (Fsp3) is 0.609. The first kappa shape index (κ1) is 22.6. The van der Waals surface area contributed by atoms with Gasteiger partial charge in [-0.1, -0.05) is 25.3 Å². The maximum Gasteiger partial charge on any atom is 0.161 e. The summed E-state index contributed by atoms with van der Waals surface area (Å²) in [5, 5.41) is 18.1. The van der Waals surface area contributed by atoms with E-state index in [1.165, 1.54) is 32.1 Å². The lowest BCUT2D eigenvalue weighted by Gasteiger charge is -2.26. The number of β-amino-alcohol motifs (C(OH)–C–C–N with tert-alkyl or cyclic N) is 1. The third-order valence-electron chi connectivity index (χ3n) is 5.48. The zero-order chi connectivity index (χ0) is 21.0. The third kappa shape index (κ3) is 7.63. The van der Waals surface area contributed by atoms with Gasteiger partial charge in [-0.25, -0.2) is 0 Å². The average Bonchev–Trinajstić information content (AvgIpc) is 3.25. The van der Waals surface area contributed by atoms with Crippen molar-refractivity contribution in [3.8, 4) is 11.5 Å². The zero-order valence-corrected chi connectivity index (χ0v) is 18.1. The van der Waals surface area contributed by atoms with Crippen LogP contribution in [0.25, 0.3) is 0 Å². The first-order valence-corrected chi connectivity index (χ1v) is 11.1. The second kappa shape index (κ2) is 12.6. The molecule has 0 saturated carbocycles. The topological polar surface area (TPSA) is 71.8 Å². The number of ether oxygens (including phenoxy) is 2. The van der Waals surface area contributed by atoms with E-state index in [-0.39, 0.29) is 6.61 Å². The Balaban J connectivity index is 1.45. The molecule has 0 spiro atoms. The summed E-state index contributed by atoms with van der Waals surface area (Å²) in [4.78, 5) is 2.37. The van der Waals surface area contributed by atoms with Crippen LogP contribution in [0.15, 0.2) is 36.7 Å². The summed E-state index contributed by atoms with van der Waals surface area (Å²) in [6.45, 7) is 5.46. The summed E-state index contributed by atoms with van der Waals surface area (Å²) in [5.74, 6) is 1.37. The normalized spacial score (nSPS) is 16.6. The summed E-state index contributed by atoms with van der Waals surface area (Å²) in [5.41, 5.74) is 1.12. The van der Waals surface area contributed by atoms with Gasteiger partial charge in [0.15, 0.2) is 11.5 Å². The minimum absolute atomic E-state index is 0.267. The lowest BCUT2D eigenvalue weighted by molar-refractivity contribution is 0.0644. The summed E-state index contributed by atoms with van der Waals surface area (Å²) >= 11 is 0. The van der Waals surface area contributed by atoms with Gasteiger partial charge in [0.2, 0.25) is 0 Å². The molecule has 0 amide bonds. The number of hydrogen-bond acceptors (Lipinski definition) is 6. The van der Waals surface area contributed by atoms with E-state index >= 15 is 0 Å². The second-order valence-electron chi connectivity index (χ2n) is 7.96. The van der Waals surface area contributed by atoms with Crippen molar-refractivity contribution >= 4 is 0 Å². The molecule has 1 aliphatic rings. The van der Waals surface area contributed by atoms with Crippen LogP contribution in [0.1, 0.15) is 37.7 Å². The average molecular weight is 417 g/mol. The van der Waals surface area contributed by atoms with Gasteiger partial charge in [0.1, 0.15) is 12.7 Å². The number of hydrogen-bond donors (Lipinski definition) is 2. The number of methoxy groups -OCH3 is 1. The highest BCUT2D eigenvalue weighted by molar-refractivity contribution is 5.43. The second-order valence-corrected chi connectivity index (χ2v) is 7.96. The highest BCUT2D eigenvalue weighted by Crippen LogP contribution is 2.28. The van der Waals surface area contributed by atoms with Crippen molar-refractivity contribution < 1.29 is 14.6 Å². The monoisotopic (exact) mass is 416 g/mol. The van der Waals surface area contributed by atoms with Crippen molar-refractivity contribution in [1.29, 1.82) is 0 Å². The molecular formula is C23H36N4O3. The fourth-order valence-electron chi connectivity index (χ4n) is 3.84. The van der Waals surface area contributed by atoms with Crippen LogP contribution < -0.4 is 14.8 Å². The number of rotatable bonds is 11. The van der Waals surface area contributed by atoms with Crippen molar-refractivity contribution in [2.24, 2.45) is 0 Å². The van der Waals surface area contributed by atoms with Crippen LogP contribution in [0.5, 0.6) is 11.5 Å². The quantitative estimate of drug-likeness (QED) is 0.549. The minimum Gasteiger partial charge on any atom is -0.493 e. The molecule has 0 bridgehead atoms. The maximum atomic E-state index is 10.5. The number of aliphatic hydroxyl groups excluding tert-OH is 1. The van der Waals surface area contributed by atoms with Gasteiger partial charge in [-0.05, 0) is 49.7 Å². The predicted octanol–water partition coefficient (Wildman–Crippen LogP) is 2.69. The molecule has 3 rings (SSSR count).